The van der Waals surface area contributed by atoms with E-state index in [0.717, 1.165) is 25.8 Å². The Morgan fingerprint density at radius 1 is 1.38 bits per heavy atom. The Bertz CT molecular complexity index is 605. The van der Waals surface area contributed by atoms with Crippen molar-refractivity contribution in [2.45, 2.75) is 81.1 Å². The molecule has 2 rings (SSSR count). The number of thioether (sulfide) groups is 1. The molecule has 11 heteroatoms. The number of carbonyl (C=O) groups is 1. The van der Waals surface area contributed by atoms with Gasteiger partial charge in [0.1, 0.15) is 29.9 Å². The molecule has 4 N–H and O–H groups in total. The fourth-order valence-corrected chi connectivity index (χ4v) is 4.96. The highest BCUT2D eigenvalue weighted by atomic mass is 32.2. The molecule has 2 aliphatic heterocycles. The van der Waals surface area contributed by atoms with Crippen LogP contribution in [0.2, 0.25) is 0 Å². The molecule has 0 radical (unpaired) electrons. The Kier molecular flexibility index (Phi) is 9.02. The summed E-state index contributed by atoms with van der Waals surface area (Å²) in [7, 11) is 1.90. The zero-order valence-corrected chi connectivity index (χ0v) is 18.2. The van der Waals surface area contributed by atoms with Crippen LogP contribution in [0.4, 0.5) is 0 Å². The largest absolute Gasteiger partial charge is 0.388 e. The number of nitrogens with zero attached hydrogens (tertiary/aromatic N) is 4. The van der Waals surface area contributed by atoms with Crippen LogP contribution >= 0.6 is 11.8 Å². The summed E-state index contributed by atoms with van der Waals surface area (Å²) in [6.07, 6.45) is -0.621. The predicted molar refractivity (Wildman–Crippen MR) is 110 cm³/mol. The maximum atomic E-state index is 13.0. The summed E-state index contributed by atoms with van der Waals surface area (Å²) in [5.74, 6) is 0.219. The van der Waals surface area contributed by atoms with Gasteiger partial charge >= 0.3 is 0 Å². The molecule has 2 fully saturated rings. The van der Waals surface area contributed by atoms with E-state index in [1.165, 1.54) is 11.8 Å². The molecule has 0 saturated carbocycles. The monoisotopic (exact) mass is 431 g/mol. The third-order valence-corrected chi connectivity index (χ3v) is 6.74. The third kappa shape index (κ3) is 5.55. The van der Waals surface area contributed by atoms with E-state index in [1.54, 1.807) is 13.2 Å². The van der Waals surface area contributed by atoms with E-state index in [2.05, 4.69) is 22.3 Å². The lowest BCUT2D eigenvalue weighted by Gasteiger charge is -2.44. The summed E-state index contributed by atoms with van der Waals surface area (Å²) >= 11 is 1.19. The lowest BCUT2D eigenvalue weighted by molar-refractivity contribution is -0.206. The van der Waals surface area contributed by atoms with Gasteiger partial charge in [-0.05, 0) is 37.6 Å². The molecule has 0 aliphatic carbocycles. The van der Waals surface area contributed by atoms with Gasteiger partial charge in [0.15, 0.2) is 0 Å². The lowest BCUT2D eigenvalue weighted by atomic mass is 9.91. The quantitative estimate of drug-likeness (QED) is 0.248. The summed E-state index contributed by atoms with van der Waals surface area (Å²) < 4.78 is 5.80. The summed E-state index contributed by atoms with van der Waals surface area (Å²) in [5, 5.41) is 37.4. The highest BCUT2D eigenvalue weighted by Crippen LogP contribution is 2.31. The molecule has 0 aromatic rings. The average Bonchev–Trinajstić information content (AvgIpc) is 3.05. The topological polar surface area (TPSA) is 151 Å². The van der Waals surface area contributed by atoms with Gasteiger partial charge in [-0.15, -0.1) is 11.8 Å². The maximum Gasteiger partial charge on any atom is 0.237 e. The molecule has 2 aliphatic rings. The van der Waals surface area contributed by atoms with Gasteiger partial charge in [-0.2, -0.15) is 0 Å². The number of amides is 1. The number of ether oxygens (including phenoxy) is 1. The van der Waals surface area contributed by atoms with Crippen molar-refractivity contribution in [1.29, 1.82) is 0 Å². The molecule has 4 unspecified atom stereocenters. The van der Waals surface area contributed by atoms with Crippen molar-refractivity contribution in [3.8, 4) is 0 Å². The van der Waals surface area contributed by atoms with Gasteiger partial charge < -0.3 is 25.4 Å². The highest BCUT2D eigenvalue weighted by Gasteiger charge is 2.48. The summed E-state index contributed by atoms with van der Waals surface area (Å²) in [4.78, 5) is 17.9. The van der Waals surface area contributed by atoms with Crippen LogP contribution in [-0.2, 0) is 9.53 Å². The van der Waals surface area contributed by atoms with Crippen LogP contribution in [0.25, 0.3) is 10.4 Å². The minimum absolute atomic E-state index is 0.229. The fraction of sp³-hybridized carbons (Fsp3) is 0.944. The van der Waals surface area contributed by atoms with E-state index >= 15 is 0 Å². The number of aliphatic hydroxyl groups is 3. The van der Waals surface area contributed by atoms with E-state index in [-0.39, 0.29) is 11.9 Å². The van der Waals surface area contributed by atoms with Crippen LogP contribution in [0.3, 0.4) is 0 Å². The molecule has 2 heterocycles. The number of azide groups is 1. The van der Waals surface area contributed by atoms with Gasteiger partial charge in [-0.25, -0.2) is 0 Å². The predicted octanol–water partition coefficient (Wildman–Crippen LogP) is 0.461. The zero-order chi connectivity index (χ0) is 21.7. The first-order valence-electron chi connectivity index (χ1n) is 10.0. The number of hydrogen-bond acceptors (Lipinski definition) is 8. The van der Waals surface area contributed by atoms with Gasteiger partial charge in [-0.1, -0.05) is 25.4 Å². The van der Waals surface area contributed by atoms with Gasteiger partial charge in [0.05, 0.1) is 18.1 Å². The van der Waals surface area contributed by atoms with E-state index in [1.807, 2.05) is 11.9 Å². The molecule has 9 atom stereocenters. The number of aliphatic hydroxyl groups excluding tert-OH is 3. The molecule has 10 nitrogen and oxygen atoms in total. The van der Waals surface area contributed by atoms with Crippen molar-refractivity contribution in [3.05, 3.63) is 10.4 Å². The molecule has 0 aromatic heterocycles. The first kappa shape index (κ1) is 24.2. The van der Waals surface area contributed by atoms with Gasteiger partial charge in [0.2, 0.25) is 5.91 Å². The van der Waals surface area contributed by atoms with Gasteiger partial charge in [0.25, 0.3) is 0 Å². The second-order valence-corrected chi connectivity index (χ2v) is 8.94. The van der Waals surface area contributed by atoms with Crippen molar-refractivity contribution in [2.75, 3.05) is 19.8 Å². The third-order valence-electron chi connectivity index (χ3n) is 5.89. The van der Waals surface area contributed by atoms with Crippen LogP contribution in [0.5, 0.6) is 0 Å². The van der Waals surface area contributed by atoms with Crippen LogP contribution in [-0.4, -0.2) is 94.0 Å². The van der Waals surface area contributed by atoms with E-state index in [0.29, 0.717) is 5.92 Å². The van der Waals surface area contributed by atoms with E-state index in [4.69, 9.17) is 10.3 Å². The molecule has 166 valence electrons. The maximum absolute atomic E-state index is 13.0. The SMILES string of the molecule is CCC[C@@H]1C[C@@H](C(=O)N[C@H](C(C)N=[N+]=[N-])[C@H]2OC(SC)[C@H](O)C(O)C2O)N(C)C1. The molecular weight excluding hydrogens is 398 g/mol. The van der Waals surface area contributed by atoms with Crippen LogP contribution in [0.1, 0.15) is 33.1 Å². The van der Waals surface area contributed by atoms with Crippen LogP contribution in [0, 0.1) is 5.92 Å². The van der Waals surface area contributed by atoms with E-state index < -0.39 is 41.9 Å². The van der Waals surface area contributed by atoms with Gasteiger partial charge in [0, 0.05) is 11.5 Å². The van der Waals surface area contributed by atoms with Crippen LogP contribution < -0.4 is 5.32 Å². The number of likely N-dealkylation sites (N-methyl/N-ethyl adjacent to an activating group) is 1. The number of likely N-dealkylation sites (tertiary alicyclic amines) is 1. The van der Waals surface area contributed by atoms with Crippen molar-refractivity contribution >= 4 is 17.7 Å². The molecule has 0 bridgehead atoms. The number of rotatable bonds is 8. The summed E-state index contributed by atoms with van der Waals surface area (Å²) in [6, 6.07) is -1.91. The number of carbonyl (C=O) groups excluding carboxylic acids is 1. The second kappa shape index (κ2) is 10.8. The second-order valence-electron chi connectivity index (χ2n) is 8.00. The minimum Gasteiger partial charge on any atom is -0.388 e. The molecule has 0 aromatic carbocycles. The molecule has 29 heavy (non-hydrogen) atoms. The highest BCUT2D eigenvalue weighted by molar-refractivity contribution is 7.99. The Labute approximate surface area is 175 Å². The molecule has 1 amide bonds. The Morgan fingerprint density at radius 2 is 2.07 bits per heavy atom. The minimum atomic E-state index is -1.44. The fourth-order valence-electron chi connectivity index (χ4n) is 4.29. The van der Waals surface area contributed by atoms with Crippen molar-refractivity contribution in [3.63, 3.8) is 0 Å². The number of nitrogens with one attached hydrogen (secondary N) is 1. The zero-order valence-electron chi connectivity index (χ0n) is 17.4. The Morgan fingerprint density at radius 3 is 2.66 bits per heavy atom. The smallest absolute Gasteiger partial charge is 0.237 e. The Balaban J connectivity index is 2.20. The van der Waals surface area contributed by atoms with E-state index in [9.17, 15) is 20.1 Å². The van der Waals surface area contributed by atoms with Crippen molar-refractivity contribution in [1.82, 2.24) is 10.2 Å². The first-order valence-corrected chi connectivity index (χ1v) is 11.3. The summed E-state index contributed by atoms with van der Waals surface area (Å²) in [5.41, 5.74) is 8.09. The molecule has 0 spiro atoms. The van der Waals surface area contributed by atoms with Crippen molar-refractivity contribution < 1.29 is 24.9 Å². The molecular formula is C18H33N5O5S. The average molecular weight is 432 g/mol. The number of hydrogen-bond donors (Lipinski definition) is 4. The Hall–Kier alpha value is -1.07. The summed E-state index contributed by atoms with van der Waals surface area (Å²) in [6.45, 7) is 4.57. The first-order chi connectivity index (χ1) is 13.7. The molecule has 2 saturated heterocycles. The normalized spacial score (nSPS) is 37.6. The van der Waals surface area contributed by atoms with Crippen LogP contribution in [0.15, 0.2) is 5.11 Å². The van der Waals surface area contributed by atoms with Crippen molar-refractivity contribution in [2.24, 2.45) is 11.0 Å². The lowest BCUT2D eigenvalue weighted by Crippen LogP contribution is -2.65. The standard InChI is InChI=1S/C18H33N5O5S/c1-5-6-10-7-11(23(3)8-10)17(27)20-12(9(2)21-22-19)16-14(25)13(24)15(26)18(28-16)29-4/h9-16,18,24-26H,5-8H2,1-4H3,(H,20,27)/t9?,10-,11+,12-,13?,14?,15-,16-,18?/m1/s1. The van der Waals surface area contributed by atoms with Gasteiger partial charge in [-0.3, -0.25) is 9.69 Å².